The van der Waals surface area contributed by atoms with E-state index in [1.807, 2.05) is 23.6 Å². The van der Waals surface area contributed by atoms with Gasteiger partial charge in [-0.15, -0.1) is 11.3 Å². The van der Waals surface area contributed by atoms with Gasteiger partial charge in [0.05, 0.1) is 18.2 Å². The molecule has 0 saturated carbocycles. The summed E-state index contributed by atoms with van der Waals surface area (Å²) in [5.74, 6) is 0. The van der Waals surface area contributed by atoms with E-state index in [1.54, 1.807) is 6.33 Å². The van der Waals surface area contributed by atoms with Gasteiger partial charge in [0, 0.05) is 4.88 Å². The SMILES string of the molecule is CCc1sccc1/C=C/c1cnc[nH]1. The highest BCUT2D eigenvalue weighted by atomic mass is 32.1. The van der Waals surface area contributed by atoms with Gasteiger partial charge in [0.1, 0.15) is 0 Å². The zero-order valence-corrected chi connectivity index (χ0v) is 8.84. The molecule has 0 aliphatic heterocycles. The summed E-state index contributed by atoms with van der Waals surface area (Å²) in [7, 11) is 0. The lowest BCUT2D eigenvalue weighted by Crippen LogP contribution is -1.76. The number of aromatic amines is 1. The van der Waals surface area contributed by atoms with Crippen LogP contribution in [-0.2, 0) is 6.42 Å². The summed E-state index contributed by atoms with van der Waals surface area (Å²) in [5, 5.41) is 2.13. The minimum absolute atomic E-state index is 1.04. The first-order valence-electron chi connectivity index (χ1n) is 4.63. The molecule has 2 aromatic rings. The van der Waals surface area contributed by atoms with E-state index in [4.69, 9.17) is 0 Å². The van der Waals surface area contributed by atoms with Crippen molar-refractivity contribution < 1.29 is 0 Å². The van der Waals surface area contributed by atoms with Crippen molar-refractivity contribution >= 4 is 23.5 Å². The zero-order chi connectivity index (χ0) is 9.80. The highest BCUT2D eigenvalue weighted by molar-refractivity contribution is 7.10. The molecule has 0 aliphatic carbocycles. The maximum Gasteiger partial charge on any atom is 0.0924 e. The largest absolute Gasteiger partial charge is 0.345 e. The maximum atomic E-state index is 3.96. The van der Waals surface area contributed by atoms with E-state index in [1.165, 1.54) is 10.4 Å². The molecule has 3 heteroatoms. The third-order valence-corrected chi connectivity index (χ3v) is 3.14. The minimum atomic E-state index is 1.04. The Morgan fingerprint density at radius 2 is 2.43 bits per heavy atom. The summed E-state index contributed by atoms with van der Waals surface area (Å²) in [5.41, 5.74) is 2.35. The van der Waals surface area contributed by atoms with Gasteiger partial charge >= 0.3 is 0 Å². The van der Waals surface area contributed by atoms with Crippen molar-refractivity contribution in [2.45, 2.75) is 13.3 Å². The summed E-state index contributed by atoms with van der Waals surface area (Å²) in [6, 6.07) is 2.15. The van der Waals surface area contributed by atoms with Crippen LogP contribution in [0.15, 0.2) is 24.0 Å². The fourth-order valence-electron chi connectivity index (χ4n) is 1.32. The van der Waals surface area contributed by atoms with Gasteiger partial charge in [0.15, 0.2) is 0 Å². The van der Waals surface area contributed by atoms with Gasteiger partial charge in [-0.2, -0.15) is 0 Å². The number of hydrogen-bond acceptors (Lipinski definition) is 2. The maximum absolute atomic E-state index is 3.96. The molecule has 0 radical (unpaired) electrons. The van der Waals surface area contributed by atoms with Crippen LogP contribution in [0, 0.1) is 0 Å². The van der Waals surface area contributed by atoms with Crippen LogP contribution >= 0.6 is 11.3 Å². The fraction of sp³-hybridized carbons (Fsp3) is 0.182. The minimum Gasteiger partial charge on any atom is -0.345 e. The number of hydrogen-bond donors (Lipinski definition) is 1. The molecule has 2 rings (SSSR count). The topological polar surface area (TPSA) is 28.7 Å². The van der Waals surface area contributed by atoms with Crippen molar-refractivity contribution in [3.8, 4) is 0 Å². The van der Waals surface area contributed by atoms with E-state index in [2.05, 4.69) is 34.4 Å². The Balaban J connectivity index is 2.18. The monoisotopic (exact) mass is 204 g/mol. The lowest BCUT2D eigenvalue weighted by atomic mass is 10.2. The van der Waals surface area contributed by atoms with Crippen LogP contribution in [0.2, 0.25) is 0 Å². The molecule has 72 valence electrons. The summed E-state index contributed by atoms with van der Waals surface area (Å²) >= 11 is 1.81. The third kappa shape index (κ3) is 1.93. The van der Waals surface area contributed by atoms with Gasteiger partial charge in [-0.1, -0.05) is 13.0 Å². The summed E-state index contributed by atoms with van der Waals surface area (Å²) in [6.07, 6.45) is 8.78. The highest BCUT2D eigenvalue weighted by Gasteiger charge is 1.97. The highest BCUT2D eigenvalue weighted by Crippen LogP contribution is 2.19. The molecule has 0 unspecified atom stereocenters. The van der Waals surface area contributed by atoms with Gasteiger partial charge in [-0.25, -0.2) is 4.98 Å². The molecular weight excluding hydrogens is 192 g/mol. The van der Waals surface area contributed by atoms with Crippen molar-refractivity contribution in [2.24, 2.45) is 0 Å². The summed E-state index contributed by atoms with van der Waals surface area (Å²) < 4.78 is 0. The number of nitrogens with zero attached hydrogens (tertiary/aromatic N) is 1. The molecule has 14 heavy (non-hydrogen) atoms. The van der Waals surface area contributed by atoms with Crippen LogP contribution in [0.5, 0.6) is 0 Å². The molecule has 0 atom stereocenters. The second kappa shape index (κ2) is 4.24. The average molecular weight is 204 g/mol. The number of imidazole rings is 1. The molecule has 0 spiro atoms. The van der Waals surface area contributed by atoms with Crippen LogP contribution in [0.1, 0.15) is 23.1 Å². The third-order valence-electron chi connectivity index (χ3n) is 2.06. The Labute approximate surface area is 87.3 Å². The van der Waals surface area contributed by atoms with Crippen LogP contribution in [0.3, 0.4) is 0 Å². The van der Waals surface area contributed by atoms with E-state index in [9.17, 15) is 0 Å². The molecule has 1 N–H and O–H groups in total. The second-order valence-electron chi connectivity index (χ2n) is 2.99. The Morgan fingerprint density at radius 1 is 1.50 bits per heavy atom. The van der Waals surface area contributed by atoms with Gasteiger partial charge in [0.2, 0.25) is 0 Å². The van der Waals surface area contributed by atoms with Crippen molar-refractivity contribution in [3.63, 3.8) is 0 Å². The molecule has 0 bridgehead atoms. The van der Waals surface area contributed by atoms with E-state index < -0.39 is 0 Å². The van der Waals surface area contributed by atoms with Crippen LogP contribution in [0.4, 0.5) is 0 Å². The van der Waals surface area contributed by atoms with Crippen molar-refractivity contribution in [2.75, 3.05) is 0 Å². The Morgan fingerprint density at radius 3 is 3.14 bits per heavy atom. The number of rotatable bonds is 3. The van der Waals surface area contributed by atoms with Crippen molar-refractivity contribution in [1.29, 1.82) is 0 Å². The lowest BCUT2D eigenvalue weighted by molar-refractivity contribution is 1.18. The summed E-state index contributed by atoms with van der Waals surface area (Å²) in [6.45, 7) is 2.18. The van der Waals surface area contributed by atoms with E-state index in [0.717, 1.165) is 12.1 Å². The Bertz CT molecular complexity index is 412. The molecule has 0 amide bonds. The average Bonchev–Trinajstić information content (AvgIpc) is 2.85. The van der Waals surface area contributed by atoms with Crippen LogP contribution in [0.25, 0.3) is 12.2 Å². The molecule has 2 heterocycles. The second-order valence-corrected chi connectivity index (χ2v) is 3.99. The number of aryl methyl sites for hydroxylation is 1. The normalized spacial score (nSPS) is 11.2. The first-order chi connectivity index (χ1) is 6.90. The Hall–Kier alpha value is -1.35. The molecule has 0 aromatic carbocycles. The Kier molecular flexibility index (Phi) is 2.79. The smallest absolute Gasteiger partial charge is 0.0924 e. The van der Waals surface area contributed by atoms with Gasteiger partial charge in [-0.3, -0.25) is 0 Å². The van der Waals surface area contributed by atoms with Crippen LogP contribution in [-0.4, -0.2) is 9.97 Å². The van der Waals surface area contributed by atoms with E-state index in [0.29, 0.717) is 0 Å². The fourth-order valence-corrected chi connectivity index (χ4v) is 2.14. The molecular formula is C11H12N2S. The number of nitrogens with one attached hydrogen (secondary N) is 1. The molecule has 2 nitrogen and oxygen atoms in total. The van der Waals surface area contributed by atoms with Gasteiger partial charge < -0.3 is 4.98 Å². The van der Waals surface area contributed by atoms with E-state index in [-0.39, 0.29) is 0 Å². The quantitative estimate of drug-likeness (QED) is 0.817. The molecule has 2 aromatic heterocycles. The molecule has 0 fully saturated rings. The number of thiophene rings is 1. The van der Waals surface area contributed by atoms with Gasteiger partial charge in [0.25, 0.3) is 0 Å². The lowest BCUT2D eigenvalue weighted by Gasteiger charge is -1.92. The first kappa shape index (κ1) is 9.21. The van der Waals surface area contributed by atoms with Gasteiger partial charge in [-0.05, 0) is 29.5 Å². The summed E-state index contributed by atoms with van der Waals surface area (Å²) in [4.78, 5) is 8.43. The predicted molar refractivity (Wildman–Crippen MR) is 61.2 cm³/mol. The van der Waals surface area contributed by atoms with Crippen LogP contribution < -0.4 is 0 Å². The van der Waals surface area contributed by atoms with Crippen molar-refractivity contribution in [3.05, 3.63) is 40.1 Å². The van der Waals surface area contributed by atoms with Crippen molar-refractivity contribution in [1.82, 2.24) is 9.97 Å². The first-order valence-corrected chi connectivity index (χ1v) is 5.51. The molecule has 0 saturated heterocycles. The standard InChI is InChI=1S/C11H12N2S/c1-2-11-9(5-6-14-11)3-4-10-7-12-8-13-10/h3-8H,2H2,1H3,(H,12,13)/b4-3+. The number of H-pyrrole nitrogens is 1. The number of aromatic nitrogens is 2. The predicted octanol–water partition coefficient (Wildman–Crippen LogP) is 3.20. The van der Waals surface area contributed by atoms with E-state index >= 15 is 0 Å². The molecule has 0 aliphatic rings. The zero-order valence-electron chi connectivity index (χ0n) is 8.03.